The molecule has 0 fully saturated rings. The Morgan fingerprint density at radius 2 is 2.05 bits per heavy atom. The van der Waals surface area contributed by atoms with E-state index in [-0.39, 0.29) is 17.8 Å². The molecule has 5 nitrogen and oxygen atoms in total. The lowest BCUT2D eigenvalue weighted by Crippen LogP contribution is -2.13. The predicted octanol–water partition coefficient (Wildman–Crippen LogP) is 2.83. The number of ether oxygens (including phenoxy) is 1. The number of hydrogen-bond acceptors (Lipinski definition) is 5. The number of rotatable bonds is 5. The summed E-state index contributed by atoms with van der Waals surface area (Å²) in [4.78, 5) is 11.6. The van der Waals surface area contributed by atoms with Crippen molar-refractivity contribution in [3.05, 3.63) is 29.8 Å². The molecular formula is C15H19N3O2S. The first-order valence-electron chi connectivity index (χ1n) is 6.76. The molecule has 2 aromatic rings. The fourth-order valence-corrected chi connectivity index (χ4v) is 2.61. The molecule has 0 spiro atoms. The summed E-state index contributed by atoms with van der Waals surface area (Å²) in [6, 6.07) is 8.02. The second kappa shape index (κ2) is 6.76. The van der Waals surface area contributed by atoms with Gasteiger partial charge in [0.05, 0.1) is 11.9 Å². The van der Waals surface area contributed by atoms with Crippen LogP contribution in [0.4, 0.5) is 0 Å². The van der Waals surface area contributed by atoms with Crippen molar-refractivity contribution in [3.8, 4) is 11.4 Å². The molecule has 6 heteroatoms. The molecule has 0 aliphatic heterocycles. The highest BCUT2D eigenvalue weighted by atomic mass is 32.2. The first-order chi connectivity index (χ1) is 9.99. The monoisotopic (exact) mass is 305 g/mol. The zero-order valence-electron chi connectivity index (χ0n) is 12.7. The maximum absolute atomic E-state index is 11.6. The molecule has 1 aromatic heterocycles. The minimum atomic E-state index is -0.240. The van der Waals surface area contributed by atoms with Gasteiger partial charge in [0.2, 0.25) is 0 Å². The number of aryl methyl sites for hydroxylation is 1. The van der Waals surface area contributed by atoms with E-state index < -0.39 is 0 Å². The average Bonchev–Trinajstić information content (AvgIpc) is 2.77. The van der Waals surface area contributed by atoms with Crippen LogP contribution < -0.4 is 0 Å². The minimum Gasteiger partial charge on any atom is -0.462 e. The third-order valence-electron chi connectivity index (χ3n) is 2.91. The van der Waals surface area contributed by atoms with Gasteiger partial charge in [-0.2, -0.15) is 0 Å². The van der Waals surface area contributed by atoms with Crippen molar-refractivity contribution >= 4 is 17.7 Å². The van der Waals surface area contributed by atoms with E-state index in [1.807, 2.05) is 56.7 Å². The molecule has 0 N–H and O–H groups in total. The van der Waals surface area contributed by atoms with Crippen LogP contribution in [0.2, 0.25) is 0 Å². The molecule has 0 amide bonds. The van der Waals surface area contributed by atoms with Gasteiger partial charge in [-0.25, -0.2) is 0 Å². The molecule has 0 bridgehead atoms. The highest BCUT2D eigenvalue weighted by Gasteiger charge is 2.14. The number of hydrogen-bond donors (Lipinski definition) is 0. The zero-order valence-corrected chi connectivity index (χ0v) is 13.5. The molecule has 0 saturated heterocycles. The van der Waals surface area contributed by atoms with Crippen molar-refractivity contribution in [1.82, 2.24) is 14.8 Å². The van der Waals surface area contributed by atoms with Gasteiger partial charge in [0, 0.05) is 12.6 Å². The Hall–Kier alpha value is -1.82. The molecule has 21 heavy (non-hydrogen) atoms. The predicted molar refractivity (Wildman–Crippen MR) is 83.1 cm³/mol. The average molecular weight is 305 g/mol. The lowest BCUT2D eigenvalue weighted by Gasteiger charge is -2.08. The Morgan fingerprint density at radius 3 is 2.71 bits per heavy atom. The van der Waals surface area contributed by atoms with Crippen LogP contribution in [-0.4, -0.2) is 32.6 Å². The van der Waals surface area contributed by atoms with Crippen molar-refractivity contribution in [2.24, 2.45) is 7.05 Å². The molecule has 0 aliphatic carbocycles. The van der Waals surface area contributed by atoms with Gasteiger partial charge < -0.3 is 9.30 Å². The van der Waals surface area contributed by atoms with Gasteiger partial charge in [-0.1, -0.05) is 36.0 Å². The van der Waals surface area contributed by atoms with E-state index in [0.29, 0.717) is 5.16 Å². The smallest absolute Gasteiger partial charge is 0.316 e. The van der Waals surface area contributed by atoms with Crippen LogP contribution >= 0.6 is 11.8 Å². The molecule has 0 aliphatic rings. The topological polar surface area (TPSA) is 57.0 Å². The number of benzene rings is 1. The summed E-state index contributed by atoms with van der Waals surface area (Å²) >= 11 is 1.33. The Labute approximate surface area is 128 Å². The quantitative estimate of drug-likeness (QED) is 0.628. The van der Waals surface area contributed by atoms with E-state index in [9.17, 15) is 4.79 Å². The molecular weight excluding hydrogens is 286 g/mol. The van der Waals surface area contributed by atoms with Crippen LogP contribution in [0.5, 0.6) is 0 Å². The van der Waals surface area contributed by atoms with Crippen molar-refractivity contribution < 1.29 is 9.53 Å². The molecule has 0 atom stereocenters. The Kier molecular flexibility index (Phi) is 5.01. The molecule has 1 aromatic carbocycles. The summed E-state index contributed by atoms with van der Waals surface area (Å²) < 4.78 is 7.00. The molecule has 0 radical (unpaired) electrons. The fraction of sp³-hybridized carbons (Fsp3) is 0.400. The van der Waals surface area contributed by atoms with Gasteiger partial charge in [0.1, 0.15) is 0 Å². The second-order valence-corrected chi connectivity index (χ2v) is 5.95. The summed E-state index contributed by atoms with van der Waals surface area (Å²) in [7, 11) is 1.90. The third-order valence-corrected chi connectivity index (χ3v) is 3.90. The van der Waals surface area contributed by atoms with E-state index in [1.165, 1.54) is 11.8 Å². The normalized spacial score (nSPS) is 10.9. The summed E-state index contributed by atoms with van der Waals surface area (Å²) in [6.07, 6.45) is -0.0971. The van der Waals surface area contributed by atoms with Crippen LogP contribution in [0.25, 0.3) is 11.4 Å². The molecule has 112 valence electrons. The maximum atomic E-state index is 11.6. The van der Waals surface area contributed by atoms with Gasteiger partial charge in [0.25, 0.3) is 0 Å². The number of nitrogens with zero attached hydrogens (tertiary/aromatic N) is 3. The maximum Gasteiger partial charge on any atom is 0.316 e. The number of esters is 1. The van der Waals surface area contributed by atoms with E-state index in [2.05, 4.69) is 10.2 Å². The summed E-state index contributed by atoms with van der Waals surface area (Å²) in [5.74, 6) is 0.793. The van der Waals surface area contributed by atoms with Gasteiger partial charge in [-0.15, -0.1) is 10.2 Å². The summed E-state index contributed by atoms with van der Waals surface area (Å²) in [6.45, 7) is 5.71. The molecule has 0 saturated carbocycles. The van der Waals surface area contributed by atoms with Crippen molar-refractivity contribution in [3.63, 3.8) is 0 Å². The minimum absolute atomic E-state index is 0.0971. The first kappa shape index (κ1) is 15.6. The van der Waals surface area contributed by atoms with Crippen molar-refractivity contribution in [2.45, 2.75) is 32.0 Å². The number of carbonyl (C=O) groups excluding carboxylic acids is 1. The second-order valence-electron chi connectivity index (χ2n) is 5.01. The highest BCUT2D eigenvalue weighted by Crippen LogP contribution is 2.24. The zero-order chi connectivity index (χ0) is 15.4. The van der Waals surface area contributed by atoms with E-state index >= 15 is 0 Å². The lowest BCUT2D eigenvalue weighted by molar-refractivity contribution is -0.144. The van der Waals surface area contributed by atoms with Crippen molar-refractivity contribution in [1.29, 1.82) is 0 Å². The molecule has 2 rings (SSSR count). The van der Waals surface area contributed by atoms with E-state index in [0.717, 1.165) is 17.0 Å². The SMILES string of the molecule is Cc1ccccc1-c1nnc(SCC(=O)OC(C)C)n1C. The number of thioether (sulfide) groups is 1. The fourth-order valence-electron chi connectivity index (χ4n) is 1.92. The van der Waals surface area contributed by atoms with Crippen molar-refractivity contribution in [2.75, 3.05) is 5.75 Å². The van der Waals surface area contributed by atoms with Crippen LogP contribution in [0, 0.1) is 6.92 Å². The Balaban J connectivity index is 2.11. The molecule has 0 unspecified atom stereocenters. The first-order valence-corrected chi connectivity index (χ1v) is 7.75. The van der Waals surface area contributed by atoms with Crippen LogP contribution in [0.3, 0.4) is 0 Å². The van der Waals surface area contributed by atoms with Gasteiger partial charge in [-0.3, -0.25) is 4.79 Å². The van der Waals surface area contributed by atoms with Gasteiger partial charge in [-0.05, 0) is 26.3 Å². The van der Waals surface area contributed by atoms with Crippen LogP contribution in [0.1, 0.15) is 19.4 Å². The highest BCUT2D eigenvalue weighted by molar-refractivity contribution is 7.99. The summed E-state index contributed by atoms with van der Waals surface area (Å²) in [5.41, 5.74) is 2.19. The van der Waals surface area contributed by atoms with Crippen LogP contribution in [-0.2, 0) is 16.6 Å². The van der Waals surface area contributed by atoms with Gasteiger partial charge in [0.15, 0.2) is 11.0 Å². The van der Waals surface area contributed by atoms with E-state index in [4.69, 9.17) is 4.74 Å². The standard InChI is InChI=1S/C15H19N3O2S/c1-10(2)20-13(19)9-21-15-17-16-14(18(15)4)12-8-6-5-7-11(12)3/h5-8,10H,9H2,1-4H3. The van der Waals surface area contributed by atoms with Gasteiger partial charge >= 0.3 is 5.97 Å². The number of carbonyl (C=O) groups is 1. The molecule has 1 heterocycles. The largest absolute Gasteiger partial charge is 0.462 e. The van der Waals surface area contributed by atoms with Crippen LogP contribution in [0.15, 0.2) is 29.4 Å². The Morgan fingerprint density at radius 1 is 1.33 bits per heavy atom. The number of aromatic nitrogens is 3. The Bertz CT molecular complexity index is 638. The van der Waals surface area contributed by atoms with E-state index in [1.54, 1.807) is 0 Å². The lowest BCUT2D eigenvalue weighted by atomic mass is 10.1. The third kappa shape index (κ3) is 3.85. The summed E-state index contributed by atoms with van der Waals surface area (Å²) in [5, 5.41) is 9.08.